The third kappa shape index (κ3) is 4.00. The molecule has 2 N–H and O–H groups in total. The summed E-state index contributed by atoms with van der Waals surface area (Å²) < 4.78 is 0.990. The average molecular weight is 382 g/mol. The second kappa shape index (κ2) is 7.27. The first kappa shape index (κ1) is 16.2. The number of rotatable bonds is 4. The van der Waals surface area contributed by atoms with Gasteiger partial charge in [-0.3, -0.25) is 4.79 Å². The fraction of sp³-hybridized carbons (Fsp3) is 0.0526. The number of aryl methyl sites for hydroxylation is 1. The molecule has 4 nitrogen and oxygen atoms in total. The Morgan fingerprint density at radius 3 is 2.50 bits per heavy atom. The number of anilines is 3. The number of hydrogen-bond donors (Lipinski definition) is 2. The van der Waals surface area contributed by atoms with Crippen LogP contribution in [0.3, 0.4) is 0 Å². The maximum atomic E-state index is 12.1. The Kier molecular flexibility index (Phi) is 4.91. The Morgan fingerprint density at radius 1 is 1.04 bits per heavy atom. The molecule has 24 heavy (non-hydrogen) atoms. The number of pyridine rings is 1. The van der Waals surface area contributed by atoms with Crippen molar-refractivity contribution < 1.29 is 4.79 Å². The van der Waals surface area contributed by atoms with E-state index >= 15 is 0 Å². The first-order valence-corrected chi connectivity index (χ1v) is 8.27. The van der Waals surface area contributed by atoms with Gasteiger partial charge in [0.25, 0.3) is 5.91 Å². The topological polar surface area (TPSA) is 54.0 Å². The number of amides is 1. The van der Waals surface area contributed by atoms with Crippen molar-refractivity contribution in [3.8, 4) is 0 Å². The van der Waals surface area contributed by atoms with Gasteiger partial charge >= 0.3 is 0 Å². The molecule has 2 aromatic carbocycles. The van der Waals surface area contributed by atoms with E-state index < -0.39 is 0 Å². The monoisotopic (exact) mass is 381 g/mol. The molecular formula is C19H16BrN3O. The highest BCUT2D eigenvalue weighted by molar-refractivity contribution is 9.10. The molecule has 0 unspecified atom stereocenters. The second-order valence-corrected chi connectivity index (χ2v) is 6.21. The van der Waals surface area contributed by atoms with Gasteiger partial charge in [-0.15, -0.1) is 0 Å². The van der Waals surface area contributed by atoms with Crippen molar-refractivity contribution in [1.82, 2.24) is 4.98 Å². The van der Waals surface area contributed by atoms with Gasteiger partial charge in [0.1, 0.15) is 5.82 Å². The summed E-state index contributed by atoms with van der Waals surface area (Å²) >= 11 is 3.54. The molecule has 0 aliphatic heterocycles. The molecule has 0 aliphatic rings. The molecule has 120 valence electrons. The molecule has 1 heterocycles. The summed E-state index contributed by atoms with van der Waals surface area (Å²) in [5.41, 5.74) is 3.59. The minimum Gasteiger partial charge on any atom is -0.353 e. The van der Waals surface area contributed by atoms with E-state index in [0.29, 0.717) is 11.4 Å². The van der Waals surface area contributed by atoms with Crippen LogP contribution in [0.4, 0.5) is 17.2 Å². The van der Waals surface area contributed by atoms with Gasteiger partial charge in [-0.2, -0.15) is 0 Å². The average Bonchev–Trinajstić information content (AvgIpc) is 2.60. The summed E-state index contributed by atoms with van der Waals surface area (Å²) in [6.45, 7) is 2.04. The molecule has 0 aliphatic carbocycles. The number of benzene rings is 2. The second-order valence-electron chi connectivity index (χ2n) is 5.36. The number of hydrogen-bond acceptors (Lipinski definition) is 3. The van der Waals surface area contributed by atoms with E-state index in [1.165, 1.54) is 5.56 Å². The van der Waals surface area contributed by atoms with Crippen LogP contribution in [0.5, 0.6) is 0 Å². The van der Waals surface area contributed by atoms with Crippen molar-refractivity contribution in [3.05, 3.63) is 82.5 Å². The van der Waals surface area contributed by atoms with Crippen LogP contribution in [0.25, 0.3) is 0 Å². The number of nitrogens with zero attached hydrogens (tertiary/aromatic N) is 1. The Bertz CT molecular complexity index is 848. The lowest BCUT2D eigenvalue weighted by Crippen LogP contribution is -2.12. The van der Waals surface area contributed by atoms with Crippen LogP contribution in [-0.4, -0.2) is 10.9 Å². The van der Waals surface area contributed by atoms with Crippen LogP contribution >= 0.6 is 15.9 Å². The number of halogens is 1. The van der Waals surface area contributed by atoms with Gasteiger partial charge in [-0.25, -0.2) is 4.98 Å². The molecule has 0 fully saturated rings. The lowest BCUT2D eigenvalue weighted by atomic mass is 10.2. The number of carbonyl (C=O) groups is 1. The molecule has 0 spiro atoms. The number of aromatic nitrogens is 1. The summed E-state index contributed by atoms with van der Waals surface area (Å²) in [5.74, 6) is 0.336. The van der Waals surface area contributed by atoms with Gasteiger partial charge in [0.05, 0.1) is 17.6 Å². The third-order valence-corrected chi connectivity index (χ3v) is 4.10. The van der Waals surface area contributed by atoms with E-state index in [1.54, 1.807) is 24.4 Å². The Labute approximate surface area is 149 Å². The van der Waals surface area contributed by atoms with Crippen LogP contribution in [0.1, 0.15) is 15.9 Å². The zero-order valence-electron chi connectivity index (χ0n) is 13.1. The van der Waals surface area contributed by atoms with Crippen molar-refractivity contribution in [2.24, 2.45) is 0 Å². The van der Waals surface area contributed by atoms with Gasteiger partial charge in [0.15, 0.2) is 0 Å². The summed E-state index contributed by atoms with van der Waals surface area (Å²) in [5, 5.41) is 6.07. The highest BCUT2D eigenvalue weighted by Crippen LogP contribution is 2.26. The van der Waals surface area contributed by atoms with E-state index in [1.807, 2.05) is 49.4 Å². The molecule has 0 saturated carbocycles. The lowest BCUT2D eigenvalue weighted by molar-refractivity contribution is 0.102. The van der Waals surface area contributed by atoms with Crippen LogP contribution in [0.2, 0.25) is 0 Å². The first-order chi connectivity index (χ1) is 11.6. The maximum Gasteiger partial charge on any atom is 0.256 e. The molecule has 5 heteroatoms. The zero-order valence-corrected chi connectivity index (χ0v) is 14.7. The van der Waals surface area contributed by atoms with Crippen LogP contribution < -0.4 is 10.6 Å². The summed E-state index contributed by atoms with van der Waals surface area (Å²) in [6.07, 6.45) is 1.69. The number of carbonyl (C=O) groups excluding carboxylic acids is 1. The molecule has 0 saturated heterocycles. The van der Waals surface area contributed by atoms with Gasteiger partial charge < -0.3 is 10.6 Å². The predicted octanol–water partition coefficient (Wildman–Crippen LogP) is 5.15. The minimum atomic E-state index is -0.176. The maximum absolute atomic E-state index is 12.1. The Balaban J connectivity index is 1.68. The van der Waals surface area contributed by atoms with E-state index in [-0.39, 0.29) is 5.91 Å². The fourth-order valence-electron chi connectivity index (χ4n) is 2.20. The largest absolute Gasteiger partial charge is 0.353 e. The molecule has 0 radical (unpaired) electrons. The van der Waals surface area contributed by atoms with Crippen molar-refractivity contribution >= 4 is 39.0 Å². The zero-order chi connectivity index (χ0) is 16.9. The first-order valence-electron chi connectivity index (χ1n) is 7.47. The number of nitrogens with one attached hydrogen (secondary N) is 2. The minimum absolute atomic E-state index is 0.176. The summed E-state index contributed by atoms with van der Waals surface area (Å²) in [6, 6.07) is 18.8. The van der Waals surface area contributed by atoms with Gasteiger partial charge in [0.2, 0.25) is 0 Å². The molecular weight excluding hydrogens is 366 g/mol. The quantitative estimate of drug-likeness (QED) is 0.656. The van der Waals surface area contributed by atoms with E-state index in [2.05, 4.69) is 31.5 Å². The van der Waals surface area contributed by atoms with E-state index in [0.717, 1.165) is 15.8 Å². The van der Waals surface area contributed by atoms with Crippen LogP contribution in [-0.2, 0) is 0 Å². The summed E-state index contributed by atoms with van der Waals surface area (Å²) in [7, 11) is 0. The Morgan fingerprint density at radius 2 is 1.83 bits per heavy atom. The molecule has 1 amide bonds. The SMILES string of the molecule is Cc1ccc(Nc2ccc(NC(=O)c3ccccc3)nc2)c(Br)c1. The predicted molar refractivity (Wildman–Crippen MR) is 101 cm³/mol. The summed E-state index contributed by atoms with van der Waals surface area (Å²) in [4.78, 5) is 16.4. The highest BCUT2D eigenvalue weighted by Gasteiger charge is 2.06. The van der Waals surface area contributed by atoms with E-state index in [9.17, 15) is 4.79 Å². The fourth-order valence-corrected chi connectivity index (χ4v) is 2.79. The Hall–Kier alpha value is -2.66. The van der Waals surface area contributed by atoms with Crippen molar-refractivity contribution in [3.63, 3.8) is 0 Å². The van der Waals surface area contributed by atoms with Crippen molar-refractivity contribution in [2.75, 3.05) is 10.6 Å². The van der Waals surface area contributed by atoms with Gasteiger partial charge in [0, 0.05) is 10.0 Å². The van der Waals surface area contributed by atoms with Crippen molar-refractivity contribution in [2.45, 2.75) is 6.92 Å². The third-order valence-electron chi connectivity index (χ3n) is 3.44. The molecule has 3 rings (SSSR count). The normalized spacial score (nSPS) is 10.2. The highest BCUT2D eigenvalue weighted by atomic mass is 79.9. The van der Waals surface area contributed by atoms with E-state index in [4.69, 9.17) is 0 Å². The van der Waals surface area contributed by atoms with Crippen LogP contribution in [0.15, 0.2) is 71.3 Å². The smallest absolute Gasteiger partial charge is 0.256 e. The van der Waals surface area contributed by atoms with Crippen LogP contribution in [0, 0.1) is 6.92 Å². The molecule has 0 atom stereocenters. The van der Waals surface area contributed by atoms with Gasteiger partial charge in [-0.1, -0.05) is 24.3 Å². The molecule has 0 bridgehead atoms. The molecule has 1 aromatic heterocycles. The molecule has 3 aromatic rings. The standard InChI is InChI=1S/C19H16BrN3O/c1-13-7-9-17(16(20)11-13)22-15-8-10-18(21-12-15)23-19(24)14-5-3-2-4-6-14/h2-12,22H,1H3,(H,21,23,24). The lowest BCUT2D eigenvalue weighted by Gasteiger charge is -2.10. The van der Waals surface area contributed by atoms with Crippen molar-refractivity contribution in [1.29, 1.82) is 0 Å². The van der Waals surface area contributed by atoms with Gasteiger partial charge in [-0.05, 0) is 64.8 Å².